The smallest absolute Gasteiger partial charge is 0.255 e. The van der Waals surface area contributed by atoms with Crippen LogP contribution in [0.2, 0.25) is 0 Å². The van der Waals surface area contributed by atoms with Crippen molar-refractivity contribution in [3.05, 3.63) is 65.7 Å². The Balaban J connectivity index is 1.74. The summed E-state index contributed by atoms with van der Waals surface area (Å²) in [6, 6.07) is 17.2. The number of aryl methyl sites for hydroxylation is 2. The molecule has 5 nitrogen and oxygen atoms in total. The highest BCUT2D eigenvalue weighted by atomic mass is 16.1. The number of anilines is 2. The third-order valence-corrected chi connectivity index (χ3v) is 3.89. The van der Waals surface area contributed by atoms with Crippen LogP contribution in [0.15, 0.2) is 54.6 Å². The number of nitrogens with one attached hydrogen (secondary N) is 2. The van der Waals surface area contributed by atoms with E-state index >= 15 is 0 Å². The van der Waals surface area contributed by atoms with Gasteiger partial charge in [0.05, 0.1) is 5.69 Å². The predicted octanol–water partition coefficient (Wildman–Crippen LogP) is 3.69. The Bertz CT molecular complexity index is 848. The highest BCUT2D eigenvalue weighted by Crippen LogP contribution is 2.23. The second-order valence-corrected chi connectivity index (χ2v) is 5.69. The summed E-state index contributed by atoms with van der Waals surface area (Å²) in [6.45, 7) is 2.00. The van der Waals surface area contributed by atoms with Crippen LogP contribution in [0.3, 0.4) is 0 Å². The summed E-state index contributed by atoms with van der Waals surface area (Å²) in [5, 5.41) is 10.5. The first-order valence-electron chi connectivity index (χ1n) is 7.77. The van der Waals surface area contributed by atoms with Crippen LogP contribution in [-0.2, 0) is 7.05 Å². The van der Waals surface area contributed by atoms with Gasteiger partial charge in [-0.25, -0.2) is 0 Å². The Morgan fingerprint density at radius 2 is 1.71 bits per heavy atom. The third kappa shape index (κ3) is 3.30. The van der Waals surface area contributed by atoms with Crippen LogP contribution in [0, 0.1) is 6.92 Å². The monoisotopic (exact) mass is 320 g/mol. The van der Waals surface area contributed by atoms with Gasteiger partial charge >= 0.3 is 0 Å². The summed E-state index contributed by atoms with van der Waals surface area (Å²) in [5.41, 5.74) is 4.42. The molecule has 1 aromatic heterocycles. The average molecular weight is 320 g/mol. The number of rotatable bonds is 4. The van der Waals surface area contributed by atoms with Gasteiger partial charge in [0.15, 0.2) is 0 Å². The minimum Gasteiger partial charge on any atom is -0.373 e. The lowest BCUT2D eigenvalue weighted by atomic mass is 10.1. The van der Waals surface area contributed by atoms with Gasteiger partial charge in [0.25, 0.3) is 5.91 Å². The number of hydrogen-bond donors (Lipinski definition) is 2. The summed E-state index contributed by atoms with van der Waals surface area (Å²) in [4.78, 5) is 12.2. The molecule has 5 heteroatoms. The van der Waals surface area contributed by atoms with Gasteiger partial charge in [-0.05, 0) is 31.2 Å². The number of aromatic nitrogens is 2. The third-order valence-electron chi connectivity index (χ3n) is 3.89. The molecule has 0 unspecified atom stereocenters. The van der Waals surface area contributed by atoms with E-state index in [0.29, 0.717) is 5.56 Å². The SMILES string of the molecule is CNc1cc(-c2ccc(NC(=O)c3ccc(C)cc3)cc2)nn1C. The number of amides is 1. The molecule has 0 aliphatic heterocycles. The lowest BCUT2D eigenvalue weighted by Crippen LogP contribution is -2.11. The molecule has 2 aromatic carbocycles. The van der Waals surface area contributed by atoms with E-state index in [1.165, 1.54) is 0 Å². The van der Waals surface area contributed by atoms with Crippen molar-refractivity contribution in [1.82, 2.24) is 9.78 Å². The van der Waals surface area contributed by atoms with Gasteiger partial charge in [-0.3, -0.25) is 9.48 Å². The van der Waals surface area contributed by atoms with Crippen LogP contribution in [0.25, 0.3) is 11.3 Å². The van der Waals surface area contributed by atoms with Crippen molar-refractivity contribution >= 4 is 17.4 Å². The number of carbonyl (C=O) groups is 1. The normalized spacial score (nSPS) is 10.5. The van der Waals surface area contributed by atoms with Gasteiger partial charge in [0.1, 0.15) is 5.82 Å². The predicted molar refractivity (Wildman–Crippen MR) is 97.3 cm³/mol. The Kier molecular flexibility index (Phi) is 4.33. The molecule has 0 spiro atoms. The summed E-state index contributed by atoms with van der Waals surface area (Å²) < 4.78 is 1.79. The Labute approximate surface area is 141 Å². The van der Waals surface area contributed by atoms with E-state index in [-0.39, 0.29) is 5.91 Å². The van der Waals surface area contributed by atoms with Crippen molar-refractivity contribution in [2.24, 2.45) is 7.05 Å². The summed E-state index contributed by atoms with van der Waals surface area (Å²) in [6.07, 6.45) is 0. The fraction of sp³-hybridized carbons (Fsp3) is 0.158. The summed E-state index contributed by atoms with van der Waals surface area (Å²) in [7, 11) is 3.76. The van der Waals surface area contributed by atoms with Crippen LogP contribution < -0.4 is 10.6 Å². The average Bonchev–Trinajstić information content (AvgIpc) is 2.97. The molecule has 0 saturated carbocycles. The van der Waals surface area contributed by atoms with Gasteiger partial charge in [0, 0.05) is 37.0 Å². The molecule has 1 amide bonds. The first kappa shape index (κ1) is 15.8. The molecule has 122 valence electrons. The van der Waals surface area contributed by atoms with E-state index < -0.39 is 0 Å². The van der Waals surface area contributed by atoms with Crippen LogP contribution in [0.5, 0.6) is 0 Å². The zero-order valence-electron chi connectivity index (χ0n) is 14.0. The highest BCUT2D eigenvalue weighted by molar-refractivity contribution is 6.04. The van der Waals surface area contributed by atoms with Crippen LogP contribution in [0.1, 0.15) is 15.9 Å². The molecule has 24 heavy (non-hydrogen) atoms. The van der Waals surface area contributed by atoms with Gasteiger partial charge in [-0.2, -0.15) is 5.10 Å². The second kappa shape index (κ2) is 6.58. The highest BCUT2D eigenvalue weighted by Gasteiger charge is 2.08. The quantitative estimate of drug-likeness (QED) is 0.771. The Morgan fingerprint density at radius 3 is 2.29 bits per heavy atom. The second-order valence-electron chi connectivity index (χ2n) is 5.69. The maximum absolute atomic E-state index is 12.2. The van der Waals surface area contributed by atoms with Crippen LogP contribution in [-0.4, -0.2) is 22.7 Å². The zero-order valence-corrected chi connectivity index (χ0v) is 14.0. The van der Waals surface area contributed by atoms with Gasteiger partial charge in [-0.1, -0.05) is 29.8 Å². The molecule has 1 heterocycles. The molecule has 0 atom stereocenters. The molecule has 0 saturated heterocycles. The van der Waals surface area contributed by atoms with Crippen molar-refractivity contribution in [3.63, 3.8) is 0 Å². The molecule has 0 aliphatic rings. The van der Waals surface area contributed by atoms with E-state index in [1.54, 1.807) is 4.68 Å². The summed E-state index contributed by atoms with van der Waals surface area (Å²) in [5.74, 6) is 0.833. The van der Waals surface area contributed by atoms with E-state index in [4.69, 9.17) is 0 Å². The molecular formula is C19H20N4O. The van der Waals surface area contributed by atoms with Crippen molar-refractivity contribution in [2.75, 3.05) is 17.7 Å². The maximum atomic E-state index is 12.2. The Morgan fingerprint density at radius 1 is 1.04 bits per heavy atom. The fourth-order valence-corrected chi connectivity index (χ4v) is 2.47. The number of nitrogens with zero attached hydrogens (tertiary/aromatic N) is 2. The van der Waals surface area contributed by atoms with E-state index in [9.17, 15) is 4.79 Å². The molecule has 0 fully saturated rings. The minimum atomic E-state index is -0.113. The lowest BCUT2D eigenvalue weighted by molar-refractivity contribution is 0.102. The van der Waals surface area contributed by atoms with E-state index in [0.717, 1.165) is 28.3 Å². The molecular weight excluding hydrogens is 300 g/mol. The minimum absolute atomic E-state index is 0.113. The van der Waals surface area contributed by atoms with Crippen LogP contribution in [0.4, 0.5) is 11.5 Å². The van der Waals surface area contributed by atoms with Crippen molar-refractivity contribution in [2.45, 2.75) is 6.92 Å². The fourth-order valence-electron chi connectivity index (χ4n) is 2.47. The van der Waals surface area contributed by atoms with Crippen molar-refractivity contribution < 1.29 is 4.79 Å². The summed E-state index contributed by atoms with van der Waals surface area (Å²) >= 11 is 0. The van der Waals surface area contributed by atoms with E-state index in [1.807, 2.05) is 75.6 Å². The van der Waals surface area contributed by atoms with Gasteiger partial charge in [-0.15, -0.1) is 0 Å². The first-order chi connectivity index (χ1) is 11.6. The standard InChI is InChI=1S/C19H20N4O/c1-13-4-6-15(7-5-13)19(24)21-16-10-8-14(9-11-16)17-12-18(20-2)23(3)22-17/h4-12,20H,1-3H3,(H,21,24). The maximum Gasteiger partial charge on any atom is 0.255 e. The number of carbonyl (C=O) groups excluding carboxylic acids is 1. The van der Waals surface area contributed by atoms with Crippen molar-refractivity contribution in [3.8, 4) is 11.3 Å². The topological polar surface area (TPSA) is 58.9 Å². The Hall–Kier alpha value is -3.08. The molecule has 0 aliphatic carbocycles. The number of hydrogen-bond acceptors (Lipinski definition) is 3. The zero-order chi connectivity index (χ0) is 17.1. The molecule has 0 radical (unpaired) electrons. The molecule has 2 N–H and O–H groups in total. The van der Waals surface area contributed by atoms with Crippen molar-refractivity contribution in [1.29, 1.82) is 0 Å². The first-order valence-corrected chi connectivity index (χ1v) is 7.77. The molecule has 0 bridgehead atoms. The largest absolute Gasteiger partial charge is 0.373 e. The number of benzene rings is 2. The lowest BCUT2D eigenvalue weighted by Gasteiger charge is -2.06. The van der Waals surface area contributed by atoms with Gasteiger partial charge in [0.2, 0.25) is 0 Å². The molecule has 3 aromatic rings. The van der Waals surface area contributed by atoms with Gasteiger partial charge < -0.3 is 10.6 Å². The molecule has 3 rings (SSSR count). The van der Waals surface area contributed by atoms with E-state index in [2.05, 4.69) is 15.7 Å². The van der Waals surface area contributed by atoms with Crippen LogP contribution >= 0.6 is 0 Å².